The molecule has 0 bridgehead atoms. The summed E-state index contributed by atoms with van der Waals surface area (Å²) in [4.78, 5) is 1.31. The lowest BCUT2D eigenvalue weighted by Gasteiger charge is -2.17. The SMILES string of the molecule is Cc1sccc1C(NN)c1ccc(C(C)C)cc1. The molecule has 1 aromatic heterocycles. The Morgan fingerprint density at radius 3 is 2.11 bits per heavy atom. The van der Waals surface area contributed by atoms with Crippen molar-refractivity contribution >= 4 is 11.3 Å². The number of thiophene rings is 1. The van der Waals surface area contributed by atoms with Gasteiger partial charge in [-0.25, -0.2) is 5.43 Å². The Labute approximate surface area is 113 Å². The van der Waals surface area contributed by atoms with Crippen LogP contribution >= 0.6 is 11.3 Å². The van der Waals surface area contributed by atoms with Gasteiger partial charge in [-0.3, -0.25) is 5.84 Å². The predicted octanol–water partition coefficient (Wildman–Crippen LogP) is 3.73. The summed E-state index contributed by atoms with van der Waals surface area (Å²) in [5.74, 6) is 6.28. The third-order valence-electron chi connectivity index (χ3n) is 3.31. The summed E-state index contributed by atoms with van der Waals surface area (Å²) in [6.45, 7) is 6.54. The van der Waals surface area contributed by atoms with Crippen LogP contribution in [-0.4, -0.2) is 0 Å². The van der Waals surface area contributed by atoms with Crippen LogP contribution in [0.4, 0.5) is 0 Å². The first kappa shape index (κ1) is 13.3. The second kappa shape index (κ2) is 5.65. The van der Waals surface area contributed by atoms with Crippen LogP contribution in [0.5, 0.6) is 0 Å². The first-order valence-corrected chi connectivity index (χ1v) is 7.11. The van der Waals surface area contributed by atoms with Crippen molar-refractivity contribution in [1.82, 2.24) is 5.43 Å². The second-order valence-electron chi connectivity index (χ2n) is 4.85. The van der Waals surface area contributed by atoms with Crippen LogP contribution in [0.15, 0.2) is 35.7 Å². The molecule has 2 nitrogen and oxygen atoms in total. The maximum absolute atomic E-state index is 5.72. The molecular weight excluding hydrogens is 240 g/mol. The highest BCUT2D eigenvalue weighted by molar-refractivity contribution is 7.10. The Kier molecular flexibility index (Phi) is 4.17. The fourth-order valence-corrected chi connectivity index (χ4v) is 2.87. The molecule has 0 aliphatic carbocycles. The minimum absolute atomic E-state index is 0.0810. The van der Waals surface area contributed by atoms with Crippen molar-refractivity contribution in [3.63, 3.8) is 0 Å². The largest absolute Gasteiger partial charge is 0.271 e. The zero-order valence-corrected chi connectivity index (χ0v) is 11.9. The molecule has 1 atom stereocenters. The molecule has 3 heteroatoms. The summed E-state index contributed by atoms with van der Waals surface area (Å²) < 4.78 is 0. The Balaban J connectivity index is 2.31. The summed E-state index contributed by atoms with van der Waals surface area (Å²) in [7, 11) is 0. The molecule has 0 aliphatic heterocycles. The standard InChI is InChI=1S/C15H20N2S/c1-10(2)12-4-6-13(7-5-12)15(17-16)14-8-9-18-11(14)3/h4-10,15,17H,16H2,1-3H3. The van der Waals surface area contributed by atoms with Crippen molar-refractivity contribution in [3.05, 3.63) is 57.3 Å². The number of hydrogen-bond donors (Lipinski definition) is 2. The lowest BCUT2D eigenvalue weighted by atomic mass is 9.96. The van der Waals surface area contributed by atoms with Crippen LogP contribution in [0.25, 0.3) is 0 Å². The van der Waals surface area contributed by atoms with Gasteiger partial charge < -0.3 is 0 Å². The van der Waals surface area contributed by atoms with Crippen LogP contribution in [0.1, 0.15) is 47.4 Å². The lowest BCUT2D eigenvalue weighted by molar-refractivity contribution is 0.635. The molecule has 0 aliphatic rings. The van der Waals surface area contributed by atoms with Crippen molar-refractivity contribution in [2.45, 2.75) is 32.7 Å². The number of hydrogen-bond acceptors (Lipinski definition) is 3. The van der Waals surface area contributed by atoms with Crippen LogP contribution in [-0.2, 0) is 0 Å². The Hall–Kier alpha value is -1.16. The van der Waals surface area contributed by atoms with Gasteiger partial charge in [-0.2, -0.15) is 0 Å². The van der Waals surface area contributed by atoms with E-state index < -0.39 is 0 Å². The van der Waals surface area contributed by atoms with Crippen molar-refractivity contribution < 1.29 is 0 Å². The van der Waals surface area contributed by atoms with Crippen LogP contribution in [0.3, 0.4) is 0 Å². The highest BCUT2D eigenvalue weighted by Gasteiger charge is 2.15. The first-order valence-electron chi connectivity index (χ1n) is 6.23. The number of benzene rings is 1. The number of aryl methyl sites for hydroxylation is 1. The Morgan fingerprint density at radius 2 is 1.67 bits per heavy atom. The molecule has 1 heterocycles. The molecular formula is C15H20N2S. The monoisotopic (exact) mass is 260 g/mol. The van der Waals surface area contributed by atoms with Gasteiger partial charge >= 0.3 is 0 Å². The molecule has 18 heavy (non-hydrogen) atoms. The van der Waals surface area contributed by atoms with Crippen molar-refractivity contribution in [2.24, 2.45) is 5.84 Å². The van der Waals surface area contributed by atoms with Gasteiger partial charge in [-0.15, -0.1) is 11.3 Å². The van der Waals surface area contributed by atoms with Crippen LogP contribution in [0.2, 0.25) is 0 Å². The molecule has 2 rings (SSSR count). The Morgan fingerprint density at radius 1 is 1.06 bits per heavy atom. The molecule has 2 aromatic rings. The summed E-state index contributed by atoms with van der Waals surface area (Å²) in [6.07, 6.45) is 0. The molecule has 1 unspecified atom stereocenters. The molecule has 0 saturated carbocycles. The maximum Gasteiger partial charge on any atom is 0.0720 e. The number of nitrogens with two attached hydrogens (primary N) is 1. The topological polar surface area (TPSA) is 38.0 Å². The van der Waals surface area contributed by atoms with Gasteiger partial charge in [0, 0.05) is 4.88 Å². The lowest BCUT2D eigenvalue weighted by Crippen LogP contribution is -2.28. The second-order valence-corrected chi connectivity index (χ2v) is 5.97. The van der Waals surface area contributed by atoms with Crippen molar-refractivity contribution in [2.75, 3.05) is 0 Å². The molecule has 96 valence electrons. The fraction of sp³-hybridized carbons (Fsp3) is 0.333. The third kappa shape index (κ3) is 2.64. The van der Waals surface area contributed by atoms with Gasteiger partial charge in [0.15, 0.2) is 0 Å². The van der Waals surface area contributed by atoms with Gasteiger partial charge in [0.25, 0.3) is 0 Å². The van der Waals surface area contributed by atoms with Gasteiger partial charge in [0.1, 0.15) is 0 Å². The number of rotatable bonds is 4. The van der Waals surface area contributed by atoms with E-state index in [4.69, 9.17) is 5.84 Å². The highest BCUT2D eigenvalue weighted by atomic mass is 32.1. The van der Waals surface area contributed by atoms with E-state index in [1.807, 2.05) is 0 Å². The average Bonchev–Trinajstić information content (AvgIpc) is 2.78. The van der Waals surface area contributed by atoms with E-state index in [0.29, 0.717) is 5.92 Å². The van der Waals surface area contributed by atoms with E-state index >= 15 is 0 Å². The minimum atomic E-state index is 0.0810. The highest BCUT2D eigenvalue weighted by Crippen LogP contribution is 2.28. The minimum Gasteiger partial charge on any atom is -0.271 e. The normalized spacial score (nSPS) is 12.9. The number of hydrazine groups is 1. The summed E-state index contributed by atoms with van der Waals surface area (Å²) >= 11 is 1.76. The number of nitrogens with one attached hydrogen (secondary N) is 1. The van der Waals surface area contributed by atoms with E-state index in [-0.39, 0.29) is 6.04 Å². The Bertz CT molecular complexity index is 499. The summed E-state index contributed by atoms with van der Waals surface area (Å²) in [5, 5.41) is 2.11. The zero-order chi connectivity index (χ0) is 13.1. The zero-order valence-electron chi connectivity index (χ0n) is 11.1. The van der Waals surface area contributed by atoms with E-state index in [2.05, 4.69) is 61.9 Å². The van der Waals surface area contributed by atoms with Crippen LogP contribution < -0.4 is 11.3 Å². The predicted molar refractivity (Wildman–Crippen MR) is 78.8 cm³/mol. The van der Waals surface area contributed by atoms with E-state index in [1.165, 1.54) is 21.6 Å². The fourth-order valence-electron chi connectivity index (χ4n) is 2.13. The maximum atomic E-state index is 5.72. The molecule has 0 amide bonds. The summed E-state index contributed by atoms with van der Waals surface area (Å²) in [6, 6.07) is 10.9. The van der Waals surface area contributed by atoms with E-state index in [1.54, 1.807) is 11.3 Å². The molecule has 0 saturated heterocycles. The smallest absolute Gasteiger partial charge is 0.0720 e. The quantitative estimate of drug-likeness (QED) is 0.649. The van der Waals surface area contributed by atoms with E-state index in [9.17, 15) is 0 Å². The molecule has 0 spiro atoms. The van der Waals surface area contributed by atoms with Gasteiger partial charge in [0.05, 0.1) is 6.04 Å². The first-order chi connectivity index (χ1) is 8.63. The van der Waals surface area contributed by atoms with Gasteiger partial charge in [-0.1, -0.05) is 38.1 Å². The van der Waals surface area contributed by atoms with E-state index in [0.717, 1.165) is 0 Å². The van der Waals surface area contributed by atoms with Crippen molar-refractivity contribution in [3.8, 4) is 0 Å². The third-order valence-corrected chi connectivity index (χ3v) is 4.17. The molecule has 3 N–H and O–H groups in total. The van der Waals surface area contributed by atoms with Gasteiger partial charge in [-0.05, 0) is 41.0 Å². The van der Waals surface area contributed by atoms with Gasteiger partial charge in [0.2, 0.25) is 0 Å². The molecule has 1 aromatic carbocycles. The molecule has 0 radical (unpaired) electrons. The summed E-state index contributed by atoms with van der Waals surface area (Å²) in [5.41, 5.74) is 6.75. The molecule has 0 fully saturated rings. The van der Waals surface area contributed by atoms with Crippen molar-refractivity contribution in [1.29, 1.82) is 0 Å². The van der Waals surface area contributed by atoms with Crippen LogP contribution in [0, 0.1) is 6.92 Å². The average molecular weight is 260 g/mol.